The van der Waals surface area contributed by atoms with E-state index in [0.717, 1.165) is 12.8 Å². The smallest absolute Gasteiger partial charge is 0.227 e. The zero-order chi connectivity index (χ0) is 13.5. The Bertz CT molecular complexity index is 250. The van der Waals surface area contributed by atoms with Crippen molar-refractivity contribution in [3.63, 3.8) is 0 Å². The summed E-state index contributed by atoms with van der Waals surface area (Å²) in [6.45, 7) is 4.95. The fourth-order valence-electron chi connectivity index (χ4n) is 2.84. The lowest BCUT2D eigenvalue weighted by atomic mass is 9.90. The van der Waals surface area contributed by atoms with Crippen molar-refractivity contribution in [2.24, 2.45) is 17.6 Å². The van der Waals surface area contributed by atoms with Gasteiger partial charge in [0.05, 0.1) is 12.5 Å². The molecular weight excluding hydrogens is 228 g/mol. The third-order valence-corrected chi connectivity index (χ3v) is 4.02. The Morgan fingerprint density at radius 2 is 1.94 bits per heavy atom. The normalized spacial score (nSPS) is 18.9. The van der Waals surface area contributed by atoms with Crippen LogP contribution in [0.25, 0.3) is 0 Å². The topological polar surface area (TPSA) is 66.6 Å². The van der Waals surface area contributed by atoms with Crippen molar-refractivity contribution >= 4 is 5.91 Å². The van der Waals surface area contributed by atoms with Gasteiger partial charge < -0.3 is 15.7 Å². The molecule has 1 rings (SSSR count). The van der Waals surface area contributed by atoms with E-state index in [1.54, 1.807) is 0 Å². The molecule has 4 nitrogen and oxygen atoms in total. The number of rotatable bonds is 6. The van der Waals surface area contributed by atoms with Gasteiger partial charge in [0.1, 0.15) is 0 Å². The first-order valence-electron chi connectivity index (χ1n) is 7.23. The van der Waals surface area contributed by atoms with Crippen LogP contribution in [0.5, 0.6) is 0 Å². The van der Waals surface area contributed by atoms with E-state index in [9.17, 15) is 9.90 Å². The van der Waals surface area contributed by atoms with E-state index in [-0.39, 0.29) is 24.3 Å². The van der Waals surface area contributed by atoms with Crippen LogP contribution in [0.1, 0.15) is 46.0 Å². The molecule has 1 aliphatic rings. The lowest BCUT2D eigenvalue weighted by molar-refractivity contribution is -0.140. The van der Waals surface area contributed by atoms with Crippen LogP contribution in [0.15, 0.2) is 0 Å². The van der Waals surface area contributed by atoms with Crippen molar-refractivity contribution in [3.05, 3.63) is 0 Å². The molecule has 1 amide bonds. The molecule has 1 aliphatic carbocycles. The molecule has 1 fully saturated rings. The number of hydrogen-bond donors (Lipinski definition) is 2. The van der Waals surface area contributed by atoms with Crippen molar-refractivity contribution in [1.29, 1.82) is 0 Å². The van der Waals surface area contributed by atoms with Crippen LogP contribution in [0.3, 0.4) is 0 Å². The van der Waals surface area contributed by atoms with E-state index in [1.165, 1.54) is 19.3 Å². The number of carbonyl (C=O) groups is 1. The van der Waals surface area contributed by atoms with Crippen LogP contribution >= 0.6 is 0 Å². The fraction of sp³-hybridized carbons (Fsp3) is 0.929. The molecule has 18 heavy (non-hydrogen) atoms. The van der Waals surface area contributed by atoms with Crippen molar-refractivity contribution < 1.29 is 9.90 Å². The standard InChI is InChI=1S/C14H28N2O2/c1-11(2)13(10-15)14(18)16(8-9-17)12-6-4-3-5-7-12/h11-13,17H,3-10,15H2,1-2H3. The van der Waals surface area contributed by atoms with Crippen molar-refractivity contribution in [1.82, 2.24) is 4.90 Å². The number of hydrogen-bond acceptors (Lipinski definition) is 3. The van der Waals surface area contributed by atoms with Gasteiger partial charge in [-0.1, -0.05) is 33.1 Å². The predicted molar refractivity (Wildman–Crippen MR) is 73.1 cm³/mol. The Morgan fingerprint density at radius 3 is 2.39 bits per heavy atom. The summed E-state index contributed by atoms with van der Waals surface area (Å²) >= 11 is 0. The molecule has 3 N–H and O–H groups in total. The minimum Gasteiger partial charge on any atom is -0.395 e. The van der Waals surface area contributed by atoms with Crippen LogP contribution in [0, 0.1) is 11.8 Å². The maximum Gasteiger partial charge on any atom is 0.227 e. The minimum absolute atomic E-state index is 0.0393. The molecule has 0 heterocycles. The van der Waals surface area contributed by atoms with Crippen molar-refractivity contribution in [2.45, 2.75) is 52.0 Å². The SMILES string of the molecule is CC(C)C(CN)C(=O)N(CCO)C1CCCCC1. The van der Waals surface area contributed by atoms with Crippen molar-refractivity contribution in [3.8, 4) is 0 Å². The number of nitrogens with zero attached hydrogens (tertiary/aromatic N) is 1. The molecule has 0 aromatic heterocycles. The Morgan fingerprint density at radius 1 is 1.33 bits per heavy atom. The van der Waals surface area contributed by atoms with Gasteiger partial charge in [-0.25, -0.2) is 0 Å². The zero-order valence-corrected chi connectivity index (χ0v) is 11.8. The van der Waals surface area contributed by atoms with Gasteiger partial charge in [-0.3, -0.25) is 4.79 Å². The van der Waals surface area contributed by atoms with E-state index in [0.29, 0.717) is 19.1 Å². The molecule has 4 heteroatoms. The minimum atomic E-state index is -0.113. The second-order valence-corrected chi connectivity index (χ2v) is 5.63. The Kier molecular flexibility index (Phi) is 6.65. The highest BCUT2D eigenvalue weighted by atomic mass is 16.3. The van der Waals surface area contributed by atoms with E-state index < -0.39 is 0 Å². The van der Waals surface area contributed by atoms with Gasteiger partial charge in [0.15, 0.2) is 0 Å². The third kappa shape index (κ3) is 3.95. The van der Waals surface area contributed by atoms with Crippen molar-refractivity contribution in [2.75, 3.05) is 19.7 Å². The van der Waals surface area contributed by atoms with Gasteiger partial charge >= 0.3 is 0 Å². The van der Waals surface area contributed by atoms with E-state index >= 15 is 0 Å². The summed E-state index contributed by atoms with van der Waals surface area (Å²) in [4.78, 5) is 14.4. The lowest BCUT2D eigenvalue weighted by Crippen LogP contribution is -2.48. The second-order valence-electron chi connectivity index (χ2n) is 5.63. The van der Waals surface area contributed by atoms with Gasteiger partial charge in [0, 0.05) is 19.1 Å². The van der Waals surface area contributed by atoms with Crippen LogP contribution in [0.2, 0.25) is 0 Å². The van der Waals surface area contributed by atoms with Gasteiger partial charge in [-0.2, -0.15) is 0 Å². The summed E-state index contributed by atoms with van der Waals surface area (Å²) in [5, 5.41) is 9.18. The monoisotopic (exact) mass is 256 g/mol. The van der Waals surface area contributed by atoms with Crippen LogP contribution in [0.4, 0.5) is 0 Å². The van der Waals surface area contributed by atoms with Crippen LogP contribution < -0.4 is 5.73 Å². The Balaban J connectivity index is 2.72. The zero-order valence-electron chi connectivity index (χ0n) is 11.8. The van der Waals surface area contributed by atoms with E-state index in [4.69, 9.17) is 5.73 Å². The molecule has 0 aromatic rings. The molecular formula is C14H28N2O2. The summed E-state index contributed by atoms with van der Waals surface area (Å²) in [6, 6.07) is 0.311. The first-order valence-corrected chi connectivity index (χ1v) is 7.23. The maximum absolute atomic E-state index is 12.5. The third-order valence-electron chi connectivity index (χ3n) is 4.02. The molecule has 0 bridgehead atoms. The highest BCUT2D eigenvalue weighted by Crippen LogP contribution is 2.25. The average Bonchev–Trinajstić information content (AvgIpc) is 2.37. The molecule has 1 saturated carbocycles. The van der Waals surface area contributed by atoms with Crippen LogP contribution in [-0.2, 0) is 4.79 Å². The molecule has 1 unspecified atom stereocenters. The number of amides is 1. The van der Waals surface area contributed by atoms with Gasteiger partial charge in [0.25, 0.3) is 0 Å². The maximum atomic E-state index is 12.5. The highest BCUT2D eigenvalue weighted by Gasteiger charge is 2.30. The Hall–Kier alpha value is -0.610. The van der Waals surface area contributed by atoms with E-state index in [1.807, 2.05) is 18.7 Å². The molecule has 1 atom stereocenters. The predicted octanol–water partition coefficient (Wildman–Crippen LogP) is 1.37. The number of aliphatic hydroxyl groups excluding tert-OH is 1. The average molecular weight is 256 g/mol. The van der Waals surface area contributed by atoms with Gasteiger partial charge in [-0.05, 0) is 18.8 Å². The quantitative estimate of drug-likeness (QED) is 0.754. The summed E-state index contributed by atoms with van der Waals surface area (Å²) in [7, 11) is 0. The first kappa shape index (κ1) is 15.4. The first-order chi connectivity index (χ1) is 8.61. The molecule has 0 saturated heterocycles. The molecule has 0 radical (unpaired) electrons. The van der Waals surface area contributed by atoms with Gasteiger partial charge in [0.2, 0.25) is 5.91 Å². The lowest BCUT2D eigenvalue weighted by Gasteiger charge is -2.37. The number of aliphatic hydroxyl groups is 1. The summed E-state index contributed by atoms with van der Waals surface area (Å²) < 4.78 is 0. The number of nitrogens with two attached hydrogens (primary N) is 1. The Labute approximate surface area is 111 Å². The van der Waals surface area contributed by atoms with E-state index in [2.05, 4.69) is 0 Å². The molecule has 0 spiro atoms. The van der Waals surface area contributed by atoms with Gasteiger partial charge in [-0.15, -0.1) is 0 Å². The molecule has 0 aliphatic heterocycles. The van der Waals surface area contributed by atoms with Crippen LogP contribution in [-0.4, -0.2) is 41.7 Å². The summed E-state index contributed by atoms with van der Waals surface area (Å²) in [6.07, 6.45) is 5.79. The summed E-state index contributed by atoms with van der Waals surface area (Å²) in [5.74, 6) is 0.277. The number of carbonyl (C=O) groups excluding carboxylic acids is 1. The second kappa shape index (κ2) is 7.74. The fourth-order valence-corrected chi connectivity index (χ4v) is 2.84. The highest BCUT2D eigenvalue weighted by molar-refractivity contribution is 5.79. The summed E-state index contributed by atoms with van der Waals surface area (Å²) in [5.41, 5.74) is 5.73. The largest absolute Gasteiger partial charge is 0.395 e. The molecule has 0 aromatic carbocycles. The molecule has 106 valence electrons.